The van der Waals surface area contributed by atoms with Gasteiger partial charge in [0.2, 0.25) is 0 Å². The smallest absolute Gasteiger partial charge is 0.165 e. The van der Waals surface area contributed by atoms with Gasteiger partial charge in [-0.05, 0) is 194 Å². The van der Waals surface area contributed by atoms with E-state index in [1.54, 1.807) is 13.2 Å². The molecule has 0 bridgehead atoms. The molecule has 0 aliphatic carbocycles. The summed E-state index contributed by atoms with van der Waals surface area (Å²) >= 11 is 0. The lowest BCUT2D eigenvalue weighted by Crippen LogP contribution is -1.88. The third-order valence-corrected chi connectivity index (χ3v) is 11.0. The lowest BCUT2D eigenvalue weighted by molar-refractivity contribution is 0.374. The van der Waals surface area contributed by atoms with Crippen molar-refractivity contribution < 1.29 is 9.84 Å². The van der Waals surface area contributed by atoms with E-state index in [-0.39, 0.29) is 5.75 Å². The van der Waals surface area contributed by atoms with Crippen LogP contribution in [-0.2, 0) is 0 Å². The van der Waals surface area contributed by atoms with Gasteiger partial charge in [-0.15, -0.1) is 0 Å². The molecular formula is C49H30O2. The molecule has 0 radical (unpaired) electrons. The average Bonchev–Trinajstić information content (AvgIpc) is 3.15. The molecule has 2 heteroatoms. The minimum absolute atomic E-state index is 0.159. The highest BCUT2D eigenvalue weighted by Gasteiger charge is 2.14. The number of benzene rings is 11. The van der Waals surface area contributed by atoms with Crippen LogP contribution in [0.1, 0.15) is 0 Å². The zero-order chi connectivity index (χ0) is 33.8. The van der Waals surface area contributed by atoms with Gasteiger partial charge in [0.15, 0.2) is 11.5 Å². The van der Waals surface area contributed by atoms with Crippen molar-refractivity contribution in [2.45, 2.75) is 0 Å². The summed E-state index contributed by atoms with van der Waals surface area (Å²) in [6, 6.07) is 57.6. The van der Waals surface area contributed by atoms with Crippen molar-refractivity contribution in [3.05, 3.63) is 158 Å². The van der Waals surface area contributed by atoms with Crippen molar-refractivity contribution in [3.63, 3.8) is 0 Å². The summed E-state index contributed by atoms with van der Waals surface area (Å²) in [6.45, 7) is 0. The van der Waals surface area contributed by atoms with E-state index in [1.165, 1.54) is 86.2 Å². The van der Waals surface area contributed by atoms with E-state index in [4.69, 9.17) is 4.74 Å². The normalized spacial score (nSPS) is 12.1. The molecule has 2 nitrogen and oxygen atoms in total. The largest absolute Gasteiger partial charge is 0.504 e. The Kier molecular flexibility index (Phi) is 5.77. The molecule has 238 valence electrons. The molecule has 1 N–H and O–H groups in total. The number of fused-ring (bicyclic) bond motifs is 10. The highest BCUT2D eigenvalue weighted by Crippen LogP contribution is 2.42. The number of para-hydroxylation sites is 1. The second kappa shape index (κ2) is 10.4. The molecular weight excluding hydrogens is 621 g/mol. The topological polar surface area (TPSA) is 29.5 Å². The van der Waals surface area contributed by atoms with Crippen LogP contribution < -0.4 is 4.74 Å². The number of ether oxygens (including phenoxy) is 1. The zero-order valence-electron chi connectivity index (χ0n) is 27.9. The predicted molar refractivity (Wildman–Crippen MR) is 218 cm³/mol. The standard InChI is InChI=1S/C49H30O2/c1-51-48-11-5-10-44(49(48)50)43-9-4-8-30-16-35-21-36-17-31-12-13-32-18-37-22-38-19-33-14-28-6-2-3-7-29(28)15-34(33)20-39(38)23-40(37)26-46(32)47(31)27-42(36)24-41(35)25-45(30)43/h2-27,50H,1H3. The average molecular weight is 651 g/mol. The highest BCUT2D eigenvalue weighted by atomic mass is 16.5. The number of hydrogen-bond donors (Lipinski definition) is 1. The summed E-state index contributed by atoms with van der Waals surface area (Å²) in [5.41, 5.74) is 1.75. The van der Waals surface area contributed by atoms with Crippen molar-refractivity contribution in [1.82, 2.24) is 0 Å². The molecule has 0 saturated carbocycles. The van der Waals surface area contributed by atoms with Crippen molar-refractivity contribution in [2.75, 3.05) is 7.11 Å². The maximum Gasteiger partial charge on any atom is 0.165 e. The van der Waals surface area contributed by atoms with Crippen LogP contribution in [-0.4, -0.2) is 12.2 Å². The first-order valence-corrected chi connectivity index (χ1v) is 17.4. The molecule has 0 amide bonds. The second-order valence-corrected chi connectivity index (χ2v) is 13.9. The molecule has 11 aromatic carbocycles. The first-order chi connectivity index (χ1) is 25.1. The number of rotatable bonds is 2. The first kappa shape index (κ1) is 28.2. The second-order valence-electron chi connectivity index (χ2n) is 13.9. The van der Waals surface area contributed by atoms with Gasteiger partial charge in [-0.25, -0.2) is 0 Å². The van der Waals surface area contributed by atoms with Gasteiger partial charge in [-0.1, -0.05) is 66.7 Å². The van der Waals surface area contributed by atoms with E-state index in [0.717, 1.165) is 21.9 Å². The van der Waals surface area contributed by atoms with E-state index in [0.29, 0.717) is 5.75 Å². The molecule has 0 aliphatic heterocycles. The molecule has 0 spiro atoms. The fourth-order valence-corrected chi connectivity index (χ4v) is 8.42. The molecule has 11 aromatic rings. The first-order valence-electron chi connectivity index (χ1n) is 17.4. The van der Waals surface area contributed by atoms with Crippen molar-refractivity contribution in [1.29, 1.82) is 0 Å². The van der Waals surface area contributed by atoms with Gasteiger partial charge < -0.3 is 9.84 Å². The van der Waals surface area contributed by atoms with E-state index in [2.05, 4.69) is 140 Å². The zero-order valence-corrected chi connectivity index (χ0v) is 27.9. The number of methoxy groups -OCH3 is 1. The molecule has 11 rings (SSSR count). The molecule has 0 aromatic heterocycles. The van der Waals surface area contributed by atoms with E-state index in [9.17, 15) is 5.11 Å². The lowest BCUT2D eigenvalue weighted by Gasteiger charge is -2.13. The molecule has 0 saturated heterocycles. The third kappa shape index (κ3) is 4.30. The Hall–Kier alpha value is -6.64. The molecule has 0 aliphatic rings. The Balaban J connectivity index is 1.10. The predicted octanol–water partition coefficient (Wildman–Crippen LogP) is 13.4. The van der Waals surface area contributed by atoms with Crippen LogP contribution in [0.4, 0.5) is 0 Å². The summed E-state index contributed by atoms with van der Waals surface area (Å²) in [7, 11) is 1.58. The summed E-state index contributed by atoms with van der Waals surface area (Å²) < 4.78 is 5.42. The third-order valence-electron chi connectivity index (χ3n) is 11.0. The highest BCUT2D eigenvalue weighted by molar-refractivity contribution is 6.18. The van der Waals surface area contributed by atoms with Crippen LogP contribution in [0.2, 0.25) is 0 Å². The van der Waals surface area contributed by atoms with Gasteiger partial charge in [0.05, 0.1) is 7.11 Å². The summed E-state index contributed by atoms with van der Waals surface area (Å²) in [4.78, 5) is 0. The van der Waals surface area contributed by atoms with Gasteiger partial charge in [0, 0.05) is 5.56 Å². The molecule has 0 heterocycles. The lowest BCUT2D eigenvalue weighted by atomic mass is 9.92. The van der Waals surface area contributed by atoms with Crippen LogP contribution in [0.25, 0.3) is 108 Å². The molecule has 0 atom stereocenters. The monoisotopic (exact) mass is 650 g/mol. The Labute approximate surface area is 293 Å². The van der Waals surface area contributed by atoms with E-state index < -0.39 is 0 Å². The van der Waals surface area contributed by atoms with Crippen LogP contribution in [0.5, 0.6) is 11.5 Å². The molecule has 0 unspecified atom stereocenters. The fraction of sp³-hybridized carbons (Fsp3) is 0.0204. The minimum atomic E-state index is 0.159. The van der Waals surface area contributed by atoms with Gasteiger partial charge in [-0.2, -0.15) is 0 Å². The minimum Gasteiger partial charge on any atom is -0.504 e. The Bertz CT molecular complexity index is 3300. The molecule has 51 heavy (non-hydrogen) atoms. The van der Waals surface area contributed by atoms with Crippen LogP contribution in [0.3, 0.4) is 0 Å². The summed E-state index contributed by atoms with van der Waals surface area (Å²) in [5.74, 6) is 0.630. The van der Waals surface area contributed by atoms with Crippen LogP contribution in [0.15, 0.2) is 158 Å². The number of aromatic hydroxyl groups is 1. The summed E-state index contributed by atoms with van der Waals surface area (Å²) in [6.07, 6.45) is 0. The fourth-order valence-electron chi connectivity index (χ4n) is 8.42. The Morgan fingerprint density at radius 1 is 0.314 bits per heavy atom. The van der Waals surface area contributed by atoms with Crippen molar-refractivity contribution >= 4 is 97.0 Å². The van der Waals surface area contributed by atoms with Gasteiger partial charge >= 0.3 is 0 Å². The summed E-state index contributed by atoms with van der Waals surface area (Å²) in [5, 5.41) is 33.2. The van der Waals surface area contributed by atoms with Crippen LogP contribution >= 0.6 is 0 Å². The SMILES string of the molecule is COc1cccc(-c2cccc3cc4cc5cc6ccc7cc8cc9cc%10cc%11ccccc%11cc%10cc9cc8cc7c6cc5cc4cc23)c1O. The van der Waals surface area contributed by atoms with Gasteiger partial charge in [0.1, 0.15) is 0 Å². The Morgan fingerprint density at radius 3 is 1.16 bits per heavy atom. The number of phenolic OH excluding ortho intramolecular Hbond substituents is 1. The molecule has 0 fully saturated rings. The van der Waals surface area contributed by atoms with Gasteiger partial charge in [-0.3, -0.25) is 0 Å². The Morgan fingerprint density at radius 2 is 0.667 bits per heavy atom. The number of hydrogen-bond acceptors (Lipinski definition) is 2. The quantitative estimate of drug-likeness (QED) is 0.149. The van der Waals surface area contributed by atoms with Crippen LogP contribution in [0, 0.1) is 0 Å². The van der Waals surface area contributed by atoms with Gasteiger partial charge in [0.25, 0.3) is 0 Å². The van der Waals surface area contributed by atoms with E-state index in [1.807, 2.05) is 12.1 Å². The van der Waals surface area contributed by atoms with Crippen molar-refractivity contribution in [2.24, 2.45) is 0 Å². The number of phenols is 1. The maximum atomic E-state index is 11.0. The van der Waals surface area contributed by atoms with E-state index >= 15 is 0 Å². The maximum absolute atomic E-state index is 11.0. The van der Waals surface area contributed by atoms with Crippen molar-refractivity contribution in [3.8, 4) is 22.6 Å².